The maximum absolute atomic E-state index is 6.43. The molecule has 0 spiro atoms. The highest BCUT2D eigenvalue weighted by atomic mass is 35.5. The fraction of sp³-hybridized carbons (Fsp3) is 0.316. The molecule has 122 valence electrons. The van der Waals surface area contributed by atoms with Gasteiger partial charge in [0.1, 0.15) is 6.04 Å². The molecule has 0 radical (unpaired) electrons. The van der Waals surface area contributed by atoms with Crippen molar-refractivity contribution in [1.29, 1.82) is 0 Å². The minimum Gasteiger partial charge on any atom is -0.374 e. The van der Waals surface area contributed by atoms with E-state index in [0.717, 1.165) is 29.4 Å². The van der Waals surface area contributed by atoms with Crippen LogP contribution < -0.4 is 5.32 Å². The van der Waals surface area contributed by atoms with Gasteiger partial charge in [-0.15, -0.1) is 12.4 Å². The maximum atomic E-state index is 6.43. The van der Waals surface area contributed by atoms with Gasteiger partial charge in [0.2, 0.25) is 0 Å². The van der Waals surface area contributed by atoms with Crippen LogP contribution in [-0.4, -0.2) is 12.4 Å². The number of rotatable bonds is 3. The lowest BCUT2D eigenvalue weighted by Gasteiger charge is -2.17. The predicted octanol–water partition coefficient (Wildman–Crippen LogP) is 5.41. The van der Waals surface area contributed by atoms with Crippen LogP contribution in [0.2, 0.25) is 5.02 Å². The highest BCUT2D eigenvalue weighted by molar-refractivity contribution is 6.31. The third kappa shape index (κ3) is 4.73. The van der Waals surface area contributed by atoms with Crippen molar-refractivity contribution < 1.29 is 0 Å². The number of nitrogens with one attached hydrogen (secondary N) is 1. The lowest BCUT2D eigenvalue weighted by molar-refractivity contribution is 0.721. The van der Waals surface area contributed by atoms with Gasteiger partial charge in [-0.05, 0) is 30.0 Å². The average molecular weight is 349 g/mol. The molecular formula is C19H22Cl2N2. The van der Waals surface area contributed by atoms with Crippen molar-refractivity contribution in [3.05, 3.63) is 70.7 Å². The van der Waals surface area contributed by atoms with Gasteiger partial charge in [-0.25, -0.2) is 0 Å². The lowest BCUT2D eigenvalue weighted by Crippen LogP contribution is -2.23. The molecule has 2 nitrogen and oxygen atoms in total. The van der Waals surface area contributed by atoms with E-state index in [1.807, 2.05) is 24.3 Å². The quantitative estimate of drug-likeness (QED) is 0.787. The monoisotopic (exact) mass is 348 g/mol. The van der Waals surface area contributed by atoms with E-state index in [-0.39, 0.29) is 18.4 Å². The molecule has 2 aromatic carbocycles. The average Bonchev–Trinajstić information content (AvgIpc) is 2.83. The van der Waals surface area contributed by atoms with E-state index in [9.17, 15) is 0 Å². The predicted molar refractivity (Wildman–Crippen MR) is 101 cm³/mol. The molecule has 1 saturated heterocycles. The molecule has 3 rings (SSSR count). The fourth-order valence-corrected chi connectivity index (χ4v) is 3.08. The maximum Gasteiger partial charge on any atom is 0.103 e. The van der Waals surface area contributed by atoms with Crippen molar-refractivity contribution in [1.82, 2.24) is 5.32 Å². The summed E-state index contributed by atoms with van der Waals surface area (Å²) in [6, 6.07) is 18.3. The summed E-state index contributed by atoms with van der Waals surface area (Å²) in [7, 11) is 0. The van der Waals surface area contributed by atoms with E-state index >= 15 is 0 Å². The molecule has 1 heterocycles. The number of amidine groups is 1. The SMILES string of the molecule is Cl.Clc1ccccc1C(N=C1CCCCCN1)c1ccccc1. The van der Waals surface area contributed by atoms with Crippen LogP contribution in [0.15, 0.2) is 59.6 Å². The van der Waals surface area contributed by atoms with Crippen molar-refractivity contribution >= 4 is 29.8 Å². The molecule has 2 aromatic rings. The lowest BCUT2D eigenvalue weighted by atomic mass is 9.99. The molecule has 0 aromatic heterocycles. The van der Waals surface area contributed by atoms with Gasteiger partial charge in [0.15, 0.2) is 0 Å². The number of halogens is 2. The topological polar surface area (TPSA) is 24.4 Å². The van der Waals surface area contributed by atoms with Crippen LogP contribution in [0.1, 0.15) is 42.9 Å². The first kappa shape index (κ1) is 17.8. The van der Waals surface area contributed by atoms with Crippen LogP contribution in [-0.2, 0) is 0 Å². The Bertz CT molecular complexity index is 631. The zero-order valence-corrected chi connectivity index (χ0v) is 14.6. The Morgan fingerprint density at radius 3 is 2.43 bits per heavy atom. The molecule has 4 heteroatoms. The van der Waals surface area contributed by atoms with Crippen LogP contribution in [0, 0.1) is 0 Å². The van der Waals surface area contributed by atoms with Crippen LogP contribution in [0.4, 0.5) is 0 Å². The van der Waals surface area contributed by atoms with E-state index in [4.69, 9.17) is 16.6 Å². The van der Waals surface area contributed by atoms with Crippen molar-refractivity contribution in [2.75, 3.05) is 6.54 Å². The van der Waals surface area contributed by atoms with Crippen LogP contribution in [0.5, 0.6) is 0 Å². The molecule has 1 fully saturated rings. The van der Waals surface area contributed by atoms with Gasteiger partial charge in [0.25, 0.3) is 0 Å². The fourth-order valence-electron chi connectivity index (χ4n) is 2.84. The summed E-state index contributed by atoms with van der Waals surface area (Å²) in [6.07, 6.45) is 4.72. The molecular weight excluding hydrogens is 327 g/mol. The summed E-state index contributed by atoms with van der Waals surface area (Å²) in [5.74, 6) is 1.10. The summed E-state index contributed by atoms with van der Waals surface area (Å²) >= 11 is 6.43. The van der Waals surface area contributed by atoms with Crippen molar-refractivity contribution in [2.24, 2.45) is 4.99 Å². The number of hydrogen-bond acceptors (Lipinski definition) is 1. The zero-order chi connectivity index (χ0) is 15.2. The Hall–Kier alpha value is -1.51. The van der Waals surface area contributed by atoms with Gasteiger partial charge in [0.05, 0.1) is 5.84 Å². The largest absolute Gasteiger partial charge is 0.374 e. The van der Waals surface area contributed by atoms with Gasteiger partial charge < -0.3 is 5.32 Å². The molecule has 1 aliphatic rings. The minimum atomic E-state index is -0.0458. The third-order valence-corrected chi connectivity index (χ3v) is 4.36. The van der Waals surface area contributed by atoms with Crippen LogP contribution in [0.3, 0.4) is 0 Å². The third-order valence-electron chi connectivity index (χ3n) is 4.02. The van der Waals surface area contributed by atoms with E-state index in [2.05, 4.69) is 35.6 Å². The first-order valence-corrected chi connectivity index (χ1v) is 8.32. The Morgan fingerprint density at radius 1 is 0.913 bits per heavy atom. The standard InChI is InChI=1S/C19H21ClN2.ClH/c20-17-12-7-6-11-16(17)19(15-9-3-1-4-10-15)22-18-13-5-2-8-14-21-18;/h1,3-4,6-7,9-12,19H,2,5,8,13-14H2,(H,21,22);1H. The highest BCUT2D eigenvalue weighted by Crippen LogP contribution is 2.31. The minimum absolute atomic E-state index is 0. The summed E-state index contributed by atoms with van der Waals surface area (Å²) in [6.45, 7) is 1.02. The number of nitrogens with zero attached hydrogens (tertiary/aromatic N) is 1. The number of benzene rings is 2. The molecule has 23 heavy (non-hydrogen) atoms. The van der Waals surface area contributed by atoms with Crippen molar-refractivity contribution in [3.8, 4) is 0 Å². The van der Waals surface area contributed by atoms with Gasteiger partial charge in [0, 0.05) is 18.0 Å². The molecule has 0 amide bonds. The van der Waals surface area contributed by atoms with E-state index in [1.165, 1.54) is 24.8 Å². The normalized spacial score (nSPS) is 17.7. The second-order valence-electron chi connectivity index (χ2n) is 5.65. The second kappa shape index (κ2) is 8.95. The molecule has 0 saturated carbocycles. The molecule has 1 N–H and O–H groups in total. The zero-order valence-electron chi connectivity index (χ0n) is 13.0. The van der Waals surface area contributed by atoms with E-state index < -0.39 is 0 Å². The van der Waals surface area contributed by atoms with Gasteiger partial charge in [-0.3, -0.25) is 4.99 Å². The summed E-state index contributed by atoms with van der Waals surface area (Å²) in [4.78, 5) is 5.02. The molecule has 1 unspecified atom stereocenters. The summed E-state index contributed by atoms with van der Waals surface area (Å²) in [5, 5.41) is 4.25. The number of aliphatic imine (C=N–C) groups is 1. The number of hydrogen-bond donors (Lipinski definition) is 1. The highest BCUT2D eigenvalue weighted by Gasteiger charge is 2.17. The molecule has 1 atom stereocenters. The molecule has 1 aliphatic heterocycles. The van der Waals surface area contributed by atoms with E-state index in [1.54, 1.807) is 0 Å². The summed E-state index contributed by atoms with van der Waals surface area (Å²) < 4.78 is 0. The Balaban J connectivity index is 0.00000192. The molecule has 0 bridgehead atoms. The van der Waals surface area contributed by atoms with Gasteiger partial charge >= 0.3 is 0 Å². The Kier molecular flexibility index (Phi) is 6.94. The molecule has 0 aliphatic carbocycles. The Labute approximate surface area is 149 Å². The van der Waals surface area contributed by atoms with Gasteiger partial charge in [-0.1, -0.05) is 66.6 Å². The van der Waals surface area contributed by atoms with E-state index in [0.29, 0.717) is 0 Å². The second-order valence-corrected chi connectivity index (χ2v) is 6.06. The first-order chi connectivity index (χ1) is 10.8. The van der Waals surface area contributed by atoms with Crippen molar-refractivity contribution in [2.45, 2.75) is 31.7 Å². The van der Waals surface area contributed by atoms with Crippen molar-refractivity contribution in [3.63, 3.8) is 0 Å². The van der Waals surface area contributed by atoms with Crippen LogP contribution in [0.25, 0.3) is 0 Å². The van der Waals surface area contributed by atoms with Gasteiger partial charge in [-0.2, -0.15) is 0 Å². The summed E-state index contributed by atoms with van der Waals surface area (Å²) in [5.41, 5.74) is 2.24. The van der Waals surface area contributed by atoms with Crippen LogP contribution >= 0.6 is 24.0 Å². The Morgan fingerprint density at radius 2 is 1.65 bits per heavy atom. The smallest absolute Gasteiger partial charge is 0.103 e. The first-order valence-electron chi connectivity index (χ1n) is 7.94.